The molecule has 0 aliphatic carbocycles. The lowest BCUT2D eigenvalue weighted by Crippen LogP contribution is -2.52. The average Bonchev–Trinajstić information content (AvgIpc) is 3.04. The van der Waals surface area contributed by atoms with E-state index < -0.39 is 6.04 Å². The van der Waals surface area contributed by atoms with Crippen LogP contribution in [0, 0.1) is 5.92 Å². The highest BCUT2D eigenvalue weighted by Crippen LogP contribution is 2.30. The minimum Gasteiger partial charge on any atom is -0.322 e. The predicted octanol–water partition coefficient (Wildman–Crippen LogP) is 0.925. The number of benzene rings is 1. The number of hydrogen-bond acceptors (Lipinski definition) is 5. The van der Waals surface area contributed by atoms with Crippen molar-refractivity contribution in [1.29, 1.82) is 0 Å². The smallest absolute Gasteiger partial charge is 0.255 e. The van der Waals surface area contributed by atoms with Crippen LogP contribution in [0.1, 0.15) is 54.1 Å². The molecule has 1 aromatic carbocycles. The number of fused-ring (bicyclic) bond motifs is 1. The Morgan fingerprint density at radius 3 is 2.71 bits per heavy atom. The normalized spacial score (nSPS) is 24.2. The zero-order valence-electron chi connectivity index (χ0n) is 16.3. The van der Waals surface area contributed by atoms with E-state index in [1.54, 1.807) is 4.90 Å². The second kappa shape index (κ2) is 8.01. The molecule has 3 amide bonds. The number of rotatable bonds is 5. The van der Waals surface area contributed by atoms with Crippen LogP contribution in [0.2, 0.25) is 0 Å². The van der Waals surface area contributed by atoms with Crippen molar-refractivity contribution in [2.45, 2.75) is 57.8 Å². The summed E-state index contributed by atoms with van der Waals surface area (Å²) in [5.74, 6) is -0.0730. The number of hydrogen-bond donors (Lipinski definition) is 3. The fourth-order valence-corrected chi connectivity index (χ4v) is 4.60. The van der Waals surface area contributed by atoms with E-state index in [9.17, 15) is 14.4 Å². The van der Waals surface area contributed by atoms with Gasteiger partial charge >= 0.3 is 0 Å². The fraction of sp³-hybridized carbons (Fsp3) is 0.571. The van der Waals surface area contributed by atoms with Gasteiger partial charge in [0, 0.05) is 31.1 Å². The van der Waals surface area contributed by atoms with E-state index in [-0.39, 0.29) is 24.1 Å². The topological polar surface area (TPSA) is 90.5 Å². The molecule has 0 radical (unpaired) electrons. The van der Waals surface area contributed by atoms with E-state index in [1.807, 2.05) is 12.1 Å². The van der Waals surface area contributed by atoms with Gasteiger partial charge < -0.3 is 15.5 Å². The zero-order valence-corrected chi connectivity index (χ0v) is 16.3. The molecule has 2 saturated heterocycles. The summed E-state index contributed by atoms with van der Waals surface area (Å²) in [6.45, 7) is 5.53. The van der Waals surface area contributed by atoms with Crippen LogP contribution in [0.25, 0.3) is 0 Å². The van der Waals surface area contributed by atoms with Crippen molar-refractivity contribution in [3.8, 4) is 0 Å². The van der Waals surface area contributed by atoms with Crippen molar-refractivity contribution < 1.29 is 14.4 Å². The Hall–Kier alpha value is -2.25. The van der Waals surface area contributed by atoms with Crippen LogP contribution >= 0.6 is 0 Å². The van der Waals surface area contributed by atoms with Crippen molar-refractivity contribution in [3.05, 3.63) is 34.9 Å². The van der Waals surface area contributed by atoms with Gasteiger partial charge in [0.1, 0.15) is 6.04 Å². The van der Waals surface area contributed by atoms with Gasteiger partial charge in [-0.05, 0) is 62.4 Å². The third-order valence-electron chi connectivity index (χ3n) is 6.38. The molecule has 150 valence electrons. The summed E-state index contributed by atoms with van der Waals surface area (Å²) in [7, 11) is 0. The highest BCUT2D eigenvalue weighted by Gasteiger charge is 2.39. The van der Waals surface area contributed by atoms with Crippen LogP contribution in [0.4, 0.5) is 0 Å². The molecule has 3 aliphatic rings. The van der Waals surface area contributed by atoms with Gasteiger partial charge in [-0.25, -0.2) is 0 Å². The van der Waals surface area contributed by atoms with Crippen LogP contribution in [-0.2, 0) is 22.7 Å². The maximum absolute atomic E-state index is 12.9. The Labute approximate surface area is 165 Å². The van der Waals surface area contributed by atoms with Gasteiger partial charge in [0.15, 0.2) is 0 Å². The maximum Gasteiger partial charge on any atom is 0.255 e. The molecular formula is C21H28N4O3. The van der Waals surface area contributed by atoms with Crippen LogP contribution in [-0.4, -0.2) is 47.8 Å². The van der Waals surface area contributed by atoms with Crippen molar-refractivity contribution in [1.82, 2.24) is 20.9 Å². The third-order valence-corrected chi connectivity index (χ3v) is 6.38. The quantitative estimate of drug-likeness (QED) is 0.657. The van der Waals surface area contributed by atoms with Gasteiger partial charge in [0.05, 0.1) is 0 Å². The number of nitrogens with one attached hydrogen (secondary N) is 3. The molecule has 0 bridgehead atoms. The molecule has 3 N–H and O–H groups in total. The molecule has 4 rings (SSSR count). The van der Waals surface area contributed by atoms with Crippen LogP contribution in [0.3, 0.4) is 0 Å². The molecule has 1 unspecified atom stereocenters. The second-order valence-electron chi connectivity index (χ2n) is 8.10. The molecule has 1 aromatic rings. The number of amides is 3. The molecule has 3 heterocycles. The summed E-state index contributed by atoms with van der Waals surface area (Å²) in [5, 5.41) is 9.40. The Bertz CT molecular complexity index is 788. The first-order valence-corrected chi connectivity index (χ1v) is 10.2. The van der Waals surface area contributed by atoms with Gasteiger partial charge in [-0.15, -0.1) is 0 Å². The van der Waals surface area contributed by atoms with E-state index in [1.165, 1.54) is 12.8 Å². The van der Waals surface area contributed by atoms with Gasteiger partial charge in [-0.1, -0.05) is 12.1 Å². The Morgan fingerprint density at radius 1 is 1.18 bits per heavy atom. The number of imide groups is 1. The number of carbonyl (C=O) groups excluding carboxylic acids is 3. The maximum atomic E-state index is 12.9. The Kier molecular flexibility index (Phi) is 5.46. The monoisotopic (exact) mass is 384 g/mol. The summed E-state index contributed by atoms with van der Waals surface area (Å²) in [5.41, 5.74) is 2.79. The molecule has 2 atom stereocenters. The number of piperidine rings is 2. The highest BCUT2D eigenvalue weighted by atomic mass is 16.2. The van der Waals surface area contributed by atoms with Gasteiger partial charge in [0.25, 0.3) is 5.91 Å². The summed E-state index contributed by atoms with van der Waals surface area (Å²) in [6.07, 6.45) is 3.04. The first-order valence-electron chi connectivity index (χ1n) is 10.2. The van der Waals surface area contributed by atoms with E-state index in [0.717, 1.165) is 24.2 Å². The number of carbonyl (C=O) groups is 3. The third kappa shape index (κ3) is 3.69. The molecule has 28 heavy (non-hydrogen) atoms. The lowest BCUT2D eigenvalue weighted by Gasteiger charge is -2.30. The van der Waals surface area contributed by atoms with E-state index in [4.69, 9.17) is 0 Å². The van der Waals surface area contributed by atoms with Crippen molar-refractivity contribution in [3.63, 3.8) is 0 Å². The van der Waals surface area contributed by atoms with Gasteiger partial charge in [-0.3, -0.25) is 19.7 Å². The largest absolute Gasteiger partial charge is 0.322 e. The first-order chi connectivity index (χ1) is 13.5. The van der Waals surface area contributed by atoms with Crippen molar-refractivity contribution in [2.75, 3.05) is 13.1 Å². The summed E-state index contributed by atoms with van der Waals surface area (Å²) in [6, 6.07) is 5.66. The summed E-state index contributed by atoms with van der Waals surface area (Å²) >= 11 is 0. The molecule has 2 fully saturated rings. The van der Waals surface area contributed by atoms with Crippen LogP contribution in [0.5, 0.6) is 0 Å². The molecule has 0 spiro atoms. The summed E-state index contributed by atoms with van der Waals surface area (Å²) < 4.78 is 0. The molecule has 7 heteroatoms. The SMILES string of the molecule is C[C@H](NCc1cccc2c1CN(C1CCC(=O)NC1=O)C2=O)C1CCNCC1. The van der Waals surface area contributed by atoms with Crippen LogP contribution < -0.4 is 16.0 Å². The summed E-state index contributed by atoms with van der Waals surface area (Å²) in [4.78, 5) is 38.2. The Balaban J connectivity index is 1.45. The zero-order chi connectivity index (χ0) is 19.7. The lowest BCUT2D eigenvalue weighted by atomic mass is 9.91. The van der Waals surface area contributed by atoms with Gasteiger partial charge in [-0.2, -0.15) is 0 Å². The van der Waals surface area contributed by atoms with E-state index >= 15 is 0 Å². The highest BCUT2D eigenvalue weighted by molar-refractivity contribution is 6.05. The first kappa shape index (κ1) is 19.1. The van der Waals surface area contributed by atoms with Crippen LogP contribution in [0.15, 0.2) is 18.2 Å². The van der Waals surface area contributed by atoms with E-state index in [0.29, 0.717) is 37.0 Å². The average molecular weight is 384 g/mol. The predicted molar refractivity (Wildman–Crippen MR) is 104 cm³/mol. The second-order valence-corrected chi connectivity index (χ2v) is 8.10. The fourth-order valence-electron chi connectivity index (χ4n) is 4.60. The lowest BCUT2D eigenvalue weighted by molar-refractivity contribution is -0.136. The minimum absolute atomic E-state index is 0.113. The molecular weight excluding hydrogens is 356 g/mol. The molecule has 0 aromatic heterocycles. The molecule has 7 nitrogen and oxygen atoms in total. The van der Waals surface area contributed by atoms with Crippen molar-refractivity contribution >= 4 is 17.7 Å². The number of nitrogens with zero attached hydrogens (tertiary/aromatic N) is 1. The van der Waals surface area contributed by atoms with Gasteiger partial charge in [0.2, 0.25) is 11.8 Å². The molecule has 3 aliphatic heterocycles. The standard InChI is InChI=1S/C21H28N4O3/c1-13(14-7-9-22-10-8-14)23-11-15-3-2-4-16-17(15)12-25(21(16)28)18-5-6-19(26)24-20(18)27/h2-4,13-14,18,22-23H,5-12H2,1H3,(H,24,26,27)/t13-,18?/m0/s1. The van der Waals surface area contributed by atoms with Crippen molar-refractivity contribution in [2.24, 2.45) is 5.92 Å². The molecule has 0 saturated carbocycles. The van der Waals surface area contributed by atoms with E-state index in [2.05, 4.69) is 28.9 Å². The minimum atomic E-state index is -0.563. The Morgan fingerprint density at radius 2 is 1.96 bits per heavy atom.